The van der Waals surface area contributed by atoms with Gasteiger partial charge in [-0.3, -0.25) is 4.57 Å². The molecule has 7 nitrogen and oxygen atoms in total. The third kappa shape index (κ3) is 9.48. The second kappa shape index (κ2) is 15.3. The van der Waals surface area contributed by atoms with Gasteiger partial charge in [0.25, 0.3) is 0 Å². The van der Waals surface area contributed by atoms with Crippen molar-refractivity contribution in [2.75, 3.05) is 6.16 Å². The third-order valence-electron chi connectivity index (χ3n) is 8.11. The van der Waals surface area contributed by atoms with Crippen LogP contribution in [0, 0.1) is 6.92 Å². The Kier molecular flexibility index (Phi) is 11.0. The molecule has 0 amide bonds. The molecule has 0 atom stereocenters. The molecule has 8 heteroatoms. The molecule has 0 aliphatic carbocycles. The fraction of sp³-hybridized carbons (Fsp3) is 0.297. The summed E-state index contributed by atoms with van der Waals surface area (Å²) in [5.74, 6) is 0.727. The van der Waals surface area contributed by atoms with Gasteiger partial charge in [-0.05, 0) is 55.0 Å². The average Bonchev–Trinajstić information content (AvgIpc) is 3.06. The minimum Gasteiger partial charge on any atom is -0.324 e. The van der Waals surface area contributed by atoms with Crippen LogP contribution in [0.5, 0.6) is 0 Å². The van der Waals surface area contributed by atoms with Gasteiger partial charge in [-0.2, -0.15) is 0 Å². The molecular formula is C37H43N4O3P+2. The maximum Gasteiger partial charge on any atom is 0.325 e. The van der Waals surface area contributed by atoms with Crippen LogP contribution in [-0.2, 0) is 17.7 Å². The summed E-state index contributed by atoms with van der Waals surface area (Å²) in [4.78, 5) is 27.5. The van der Waals surface area contributed by atoms with Gasteiger partial charge in [0.15, 0.2) is 30.6 Å². The number of hydrogen-bond acceptors (Lipinski definition) is 3. The molecule has 0 fully saturated rings. The van der Waals surface area contributed by atoms with Crippen molar-refractivity contribution in [1.82, 2.24) is 9.97 Å². The summed E-state index contributed by atoms with van der Waals surface area (Å²) in [7, 11) is -3.84. The van der Waals surface area contributed by atoms with Crippen molar-refractivity contribution in [3.63, 3.8) is 0 Å². The molecule has 232 valence electrons. The van der Waals surface area contributed by atoms with E-state index in [0.717, 1.165) is 79.1 Å². The maximum absolute atomic E-state index is 10.9. The van der Waals surface area contributed by atoms with Crippen LogP contribution < -0.4 is 9.13 Å². The first-order chi connectivity index (χ1) is 21.8. The number of hydrogen-bond donors (Lipinski definition) is 2. The van der Waals surface area contributed by atoms with Crippen molar-refractivity contribution in [3.05, 3.63) is 109 Å². The Morgan fingerprint density at radius 3 is 1.62 bits per heavy atom. The van der Waals surface area contributed by atoms with Crippen LogP contribution in [0.15, 0.2) is 104 Å². The topological polar surface area (TPSA) is 91.1 Å². The van der Waals surface area contributed by atoms with Gasteiger partial charge in [-0.25, -0.2) is 19.1 Å². The zero-order valence-electron chi connectivity index (χ0n) is 26.2. The first kappa shape index (κ1) is 32.4. The van der Waals surface area contributed by atoms with E-state index in [1.54, 1.807) is 0 Å². The molecule has 0 bridgehead atoms. The lowest BCUT2D eigenvalue weighted by Crippen LogP contribution is -2.32. The first-order valence-corrected chi connectivity index (χ1v) is 17.7. The molecule has 3 heterocycles. The Bertz CT molecular complexity index is 1720. The number of rotatable bonds is 14. The summed E-state index contributed by atoms with van der Waals surface area (Å²) in [5.41, 5.74) is 8.59. The normalized spacial score (nSPS) is 11.6. The van der Waals surface area contributed by atoms with E-state index < -0.39 is 7.60 Å². The molecule has 3 aromatic heterocycles. The van der Waals surface area contributed by atoms with Gasteiger partial charge in [0, 0.05) is 53.7 Å². The fourth-order valence-electron chi connectivity index (χ4n) is 5.47. The van der Waals surface area contributed by atoms with E-state index in [2.05, 4.69) is 114 Å². The molecule has 2 aromatic carbocycles. The summed E-state index contributed by atoms with van der Waals surface area (Å²) in [6.45, 7) is 6.07. The number of pyridine rings is 2. The van der Waals surface area contributed by atoms with Crippen molar-refractivity contribution >= 4 is 7.60 Å². The highest BCUT2D eigenvalue weighted by molar-refractivity contribution is 7.51. The average molecular weight is 623 g/mol. The summed E-state index contributed by atoms with van der Waals surface area (Å²) in [6, 6.07) is 27.6. The molecule has 2 N–H and O–H groups in total. The molecule has 0 saturated heterocycles. The van der Waals surface area contributed by atoms with Crippen LogP contribution in [0.1, 0.15) is 51.1 Å². The molecule has 5 rings (SSSR count). The van der Waals surface area contributed by atoms with Gasteiger partial charge >= 0.3 is 7.60 Å². The largest absolute Gasteiger partial charge is 0.325 e. The first-order valence-electron chi connectivity index (χ1n) is 15.9. The van der Waals surface area contributed by atoms with Crippen molar-refractivity contribution in [2.24, 2.45) is 0 Å². The second-order valence-corrected chi connectivity index (χ2v) is 13.4. The Balaban J connectivity index is 1.17. The molecule has 45 heavy (non-hydrogen) atoms. The zero-order valence-corrected chi connectivity index (χ0v) is 27.1. The van der Waals surface area contributed by atoms with Crippen LogP contribution in [-0.4, -0.2) is 25.9 Å². The Morgan fingerprint density at radius 2 is 1.07 bits per heavy atom. The highest BCUT2D eigenvalue weighted by Crippen LogP contribution is 2.35. The summed E-state index contributed by atoms with van der Waals surface area (Å²) < 4.78 is 15.3. The van der Waals surface area contributed by atoms with Gasteiger partial charge in [0.05, 0.1) is 5.69 Å². The SMILES string of the molecule is CC[n+]1ccc(-c2ccc(-c3nc(C)cc(-c4ccc(-c5cc[n+](CCCCCCCCP(=O)(O)O)cc5)cc4)n3)cc2)cc1. The Hall–Kier alpha value is -4.03. The van der Waals surface area contributed by atoms with E-state index in [1.807, 2.05) is 13.0 Å². The predicted octanol–water partition coefficient (Wildman–Crippen LogP) is 7.57. The van der Waals surface area contributed by atoms with E-state index in [-0.39, 0.29) is 6.16 Å². The van der Waals surface area contributed by atoms with Crippen molar-refractivity contribution in [2.45, 2.75) is 65.5 Å². The van der Waals surface area contributed by atoms with Crippen molar-refractivity contribution in [1.29, 1.82) is 0 Å². The number of aromatic nitrogens is 4. The zero-order chi connectivity index (χ0) is 31.6. The van der Waals surface area contributed by atoms with Crippen LogP contribution >= 0.6 is 7.60 Å². The molecule has 0 radical (unpaired) electrons. The minimum absolute atomic E-state index is 0.00333. The standard InChI is InChI=1S/C37H41N4O3P/c1-3-40-23-18-32(19-24-40)31-12-16-35(17-13-31)37-38-29(2)28-36(39-37)34-14-10-30(11-15-34)33-20-25-41(26-21-33)22-8-6-4-5-7-9-27-45(42,43)44/h10-21,23-26,28H,3-9,22,27H2,1-2H3/p+2. The van der Waals surface area contributed by atoms with Crippen LogP contribution in [0.3, 0.4) is 0 Å². The molecule has 0 saturated carbocycles. The van der Waals surface area contributed by atoms with Crippen LogP contribution in [0.25, 0.3) is 44.9 Å². The molecule has 0 spiro atoms. The van der Waals surface area contributed by atoms with Gasteiger partial charge in [0.2, 0.25) is 0 Å². The number of unbranched alkanes of at least 4 members (excludes halogenated alkanes) is 5. The van der Waals surface area contributed by atoms with Crippen molar-refractivity contribution < 1.29 is 23.5 Å². The second-order valence-electron chi connectivity index (χ2n) is 11.6. The van der Waals surface area contributed by atoms with E-state index in [9.17, 15) is 4.57 Å². The molecule has 0 aliphatic rings. The number of benzene rings is 2. The summed E-state index contributed by atoms with van der Waals surface area (Å²) in [6.07, 6.45) is 14.3. The summed E-state index contributed by atoms with van der Waals surface area (Å²) in [5, 5.41) is 0. The summed E-state index contributed by atoms with van der Waals surface area (Å²) >= 11 is 0. The third-order valence-corrected chi connectivity index (χ3v) is 9.01. The van der Waals surface area contributed by atoms with E-state index in [0.29, 0.717) is 6.42 Å². The Labute approximate surface area is 266 Å². The van der Waals surface area contributed by atoms with Gasteiger partial charge in [-0.15, -0.1) is 0 Å². The fourth-order valence-corrected chi connectivity index (χ4v) is 6.10. The van der Waals surface area contributed by atoms with E-state index in [4.69, 9.17) is 19.8 Å². The van der Waals surface area contributed by atoms with Gasteiger partial charge < -0.3 is 9.79 Å². The molecule has 5 aromatic rings. The molecule has 0 aliphatic heterocycles. The smallest absolute Gasteiger partial charge is 0.324 e. The lowest BCUT2D eigenvalue weighted by Gasteiger charge is -2.09. The molecular weight excluding hydrogens is 579 g/mol. The van der Waals surface area contributed by atoms with Gasteiger partial charge in [-0.1, -0.05) is 67.8 Å². The van der Waals surface area contributed by atoms with E-state index >= 15 is 0 Å². The lowest BCUT2D eigenvalue weighted by atomic mass is 10.0. The Morgan fingerprint density at radius 1 is 0.600 bits per heavy atom. The monoisotopic (exact) mass is 622 g/mol. The van der Waals surface area contributed by atoms with E-state index in [1.165, 1.54) is 16.7 Å². The highest BCUT2D eigenvalue weighted by atomic mass is 31.2. The minimum atomic E-state index is -3.84. The van der Waals surface area contributed by atoms with Crippen LogP contribution in [0.2, 0.25) is 0 Å². The maximum atomic E-state index is 10.9. The number of aryl methyl sites for hydroxylation is 3. The lowest BCUT2D eigenvalue weighted by molar-refractivity contribution is -0.697. The van der Waals surface area contributed by atoms with Gasteiger partial charge in [0.1, 0.15) is 13.1 Å². The molecule has 0 unspecified atom stereocenters. The quantitative estimate of drug-likeness (QED) is 0.0758. The number of nitrogens with zero attached hydrogens (tertiary/aromatic N) is 4. The van der Waals surface area contributed by atoms with Crippen LogP contribution in [0.4, 0.5) is 0 Å². The van der Waals surface area contributed by atoms with Crippen molar-refractivity contribution in [3.8, 4) is 44.9 Å². The predicted molar refractivity (Wildman–Crippen MR) is 179 cm³/mol. The highest BCUT2D eigenvalue weighted by Gasteiger charge is 2.12.